The minimum absolute atomic E-state index is 0.0564. The molecule has 0 spiro atoms. The summed E-state index contributed by atoms with van der Waals surface area (Å²) < 4.78 is 46.2. The summed E-state index contributed by atoms with van der Waals surface area (Å²) >= 11 is 0. The van der Waals surface area contributed by atoms with Crippen molar-refractivity contribution in [2.75, 3.05) is 20.2 Å². The van der Waals surface area contributed by atoms with Gasteiger partial charge in [0.05, 0.1) is 7.11 Å². The molecule has 1 aromatic rings. The number of halogens is 3. The zero-order chi connectivity index (χ0) is 14.0. The molecule has 2 rings (SSSR count). The maximum atomic E-state index is 14.3. The van der Waals surface area contributed by atoms with Crippen molar-refractivity contribution in [3.63, 3.8) is 0 Å². The highest BCUT2D eigenvalue weighted by molar-refractivity contribution is 5.32. The summed E-state index contributed by atoms with van der Waals surface area (Å²) in [5.74, 6) is -2.58. The molecule has 1 aromatic carbocycles. The number of nitrogens with zero attached hydrogens (tertiary/aromatic N) is 1. The third kappa shape index (κ3) is 2.84. The molecule has 0 aromatic heterocycles. The molecular formula is C13H17F3N2O. The normalized spacial score (nSPS) is 19.4. The van der Waals surface area contributed by atoms with Crippen molar-refractivity contribution >= 4 is 0 Å². The Morgan fingerprint density at radius 3 is 2.47 bits per heavy atom. The Bertz CT molecular complexity index is 448. The number of benzene rings is 1. The SMILES string of the molecule is COc1ccc(C(F)N2CCC(N)CC2)c(F)c1F. The van der Waals surface area contributed by atoms with Gasteiger partial charge in [0, 0.05) is 24.7 Å². The number of hydrogen-bond donors (Lipinski definition) is 1. The lowest BCUT2D eigenvalue weighted by atomic mass is 10.0. The van der Waals surface area contributed by atoms with Gasteiger partial charge in [-0.2, -0.15) is 4.39 Å². The van der Waals surface area contributed by atoms with Crippen LogP contribution in [0.5, 0.6) is 5.75 Å². The largest absolute Gasteiger partial charge is 0.494 e. The van der Waals surface area contributed by atoms with Crippen molar-refractivity contribution in [3.05, 3.63) is 29.3 Å². The molecule has 3 nitrogen and oxygen atoms in total. The molecule has 1 atom stereocenters. The molecule has 0 bridgehead atoms. The zero-order valence-corrected chi connectivity index (χ0v) is 10.7. The van der Waals surface area contributed by atoms with Gasteiger partial charge in [-0.05, 0) is 25.0 Å². The van der Waals surface area contributed by atoms with Crippen LogP contribution in [-0.2, 0) is 0 Å². The molecule has 19 heavy (non-hydrogen) atoms. The number of methoxy groups -OCH3 is 1. The highest BCUT2D eigenvalue weighted by Gasteiger charge is 2.28. The number of likely N-dealkylation sites (tertiary alicyclic amines) is 1. The number of piperidine rings is 1. The van der Waals surface area contributed by atoms with Gasteiger partial charge in [0.2, 0.25) is 5.82 Å². The van der Waals surface area contributed by atoms with Crippen LogP contribution >= 0.6 is 0 Å². The lowest BCUT2D eigenvalue weighted by Gasteiger charge is -2.32. The van der Waals surface area contributed by atoms with E-state index in [1.54, 1.807) is 0 Å². The quantitative estimate of drug-likeness (QED) is 0.860. The standard InChI is InChI=1S/C13H17F3N2O/c1-19-10-3-2-9(11(14)12(10)15)13(16)18-6-4-8(17)5-7-18/h2-3,8,13H,4-7,17H2,1H3. The van der Waals surface area contributed by atoms with Gasteiger partial charge >= 0.3 is 0 Å². The molecule has 0 amide bonds. The Kier molecular flexibility index (Phi) is 4.31. The Labute approximate surface area is 110 Å². The molecule has 0 aliphatic carbocycles. The van der Waals surface area contributed by atoms with Crippen molar-refractivity contribution in [1.29, 1.82) is 0 Å². The smallest absolute Gasteiger partial charge is 0.201 e. The molecule has 6 heteroatoms. The van der Waals surface area contributed by atoms with E-state index in [2.05, 4.69) is 4.74 Å². The first kappa shape index (κ1) is 14.1. The summed E-state index contributed by atoms with van der Waals surface area (Å²) in [6.07, 6.45) is -0.352. The van der Waals surface area contributed by atoms with Gasteiger partial charge < -0.3 is 10.5 Å². The van der Waals surface area contributed by atoms with Crippen LogP contribution in [0.15, 0.2) is 12.1 Å². The molecule has 1 saturated heterocycles. The van der Waals surface area contributed by atoms with E-state index < -0.39 is 17.9 Å². The number of hydrogen-bond acceptors (Lipinski definition) is 3. The molecule has 2 N–H and O–H groups in total. The van der Waals surface area contributed by atoms with Gasteiger partial charge in [0.1, 0.15) is 0 Å². The summed E-state index contributed by atoms with van der Waals surface area (Å²) in [6.45, 7) is 0.880. The van der Waals surface area contributed by atoms with Crippen molar-refractivity contribution in [2.45, 2.75) is 25.2 Å². The molecule has 1 unspecified atom stereocenters. The van der Waals surface area contributed by atoms with Crippen molar-refractivity contribution in [3.8, 4) is 5.75 Å². The number of ether oxygens (including phenoxy) is 1. The van der Waals surface area contributed by atoms with E-state index in [9.17, 15) is 13.2 Å². The molecule has 0 radical (unpaired) electrons. The Morgan fingerprint density at radius 2 is 1.89 bits per heavy atom. The van der Waals surface area contributed by atoms with Crippen molar-refractivity contribution < 1.29 is 17.9 Å². The van der Waals surface area contributed by atoms with E-state index >= 15 is 0 Å². The van der Waals surface area contributed by atoms with Crippen LogP contribution in [0, 0.1) is 11.6 Å². The van der Waals surface area contributed by atoms with Gasteiger partial charge in [0.25, 0.3) is 0 Å². The van der Waals surface area contributed by atoms with Gasteiger partial charge in [0.15, 0.2) is 17.9 Å². The summed E-state index contributed by atoms with van der Waals surface area (Å²) in [6, 6.07) is 2.51. The van der Waals surface area contributed by atoms with E-state index in [-0.39, 0.29) is 17.4 Å². The first-order chi connectivity index (χ1) is 9.04. The maximum absolute atomic E-state index is 14.3. The molecule has 106 valence electrons. The summed E-state index contributed by atoms with van der Waals surface area (Å²) in [5, 5.41) is 0. The summed E-state index contributed by atoms with van der Waals surface area (Å²) in [7, 11) is 1.23. The average molecular weight is 274 g/mol. The van der Waals surface area contributed by atoms with Gasteiger partial charge in [-0.3, -0.25) is 4.90 Å². The lowest BCUT2D eigenvalue weighted by molar-refractivity contribution is 0.0551. The van der Waals surface area contributed by atoms with Crippen molar-refractivity contribution in [2.24, 2.45) is 5.73 Å². The second-order valence-electron chi connectivity index (χ2n) is 4.69. The first-order valence-electron chi connectivity index (χ1n) is 6.20. The van der Waals surface area contributed by atoms with Crippen LogP contribution in [0.2, 0.25) is 0 Å². The Morgan fingerprint density at radius 1 is 1.26 bits per heavy atom. The second kappa shape index (κ2) is 5.79. The van der Waals surface area contributed by atoms with E-state index in [4.69, 9.17) is 5.73 Å². The van der Waals surface area contributed by atoms with E-state index in [1.807, 2.05) is 0 Å². The molecule has 1 fully saturated rings. The fraction of sp³-hybridized carbons (Fsp3) is 0.538. The number of alkyl halides is 1. The topological polar surface area (TPSA) is 38.5 Å². The maximum Gasteiger partial charge on any atom is 0.201 e. The molecule has 0 saturated carbocycles. The van der Waals surface area contributed by atoms with E-state index in [0.29, 0.717) is 25.9 Å². The predicted octanol–water partition coefficient (Wildman–Crippen LogP) is 2.36. The van der Waals surface area contributed by atoms with Gasteiger partial charge in [-0.15, -0.1) is 0 Å². The van der Waals surface area contributed by atoms with Crippen molar-refractivity contribution in [1.82, 2.24) is 4.90 Å². The minimum atomic E-state index is -1.66. The summed E-state index contributed by atoms with van der Waals surface area (Å²) in [5.41, 5.74) is 5.43. The summed E-state index contributed by atoms with van der Waals surface area (Å²) in [4.78, 5) is 1.47. The van der Waals surface area contributed by atoms with Crippen LogP contribution in [0.1, 0.15) is 24.7 Å². The highest BCUT2D eigenvalue weighted by atomic mass is 19.2. The zero-order valence-electron chi connectivity index (χ0n) is 10.7. The lowest BCUT2D eigenvalue weighted by Crippen LogP contribution is -2.40. The monoisotopic (exact) mass is 274 g/mol. The van der Waals surface area contributed by atoms with Gasteiger partial charge in [-0.25, -0.2) is 8.78 Å². The molecular weight excluding hydrogens is 257 g/mol. The third-order valence-corrected chi connectivity index (χ3v) is 3.45. The van der Waals surface area contributed by atoms with Crippen LogP contribution in [-0.4, -0.2) is 31.1 Å². The molecule has 1 heterocycles. The van der Waals surface area contributed by atoms with Crippen LogP contribution < -0.4 is 10.5 Å². The number of nitrogens with two attached hydrogens (primary N) is 1. The predicted molar refractivity (Wildman–Crippen MR) is 65.5 cm³/mol. The Balaban J connectivity index is 2.19. The van der Waals surface area contributed by atoms with Crippen LogP contribution in [0.4, 0.5) is 13.2 Å². The molecule has 1 aliphatic heterocycles. The fourth-order valence-electron chi connectivity index (χ4n) is 2.23. The second-order valence-corrected chi connectivity index (χ2v) is 4.69. The van der Waals surface area contributed by atoms with Gasteiger partial charge in [-0.1, -0.05) is 0 Å². The highest BCUT2D eigenvalue weighted by Crippen LogP contribution is 2.31. The van der Waals surface area contributed by atoms with Crippen LogP contribution in [0.25, 0.3) is 0 Å². The molecule has 1 aliphatic rings. The average Bonchev–Trinajstić information content (AvgIpc) is 2.42. The van der Waals surface area contributed by atoms with Crippen LogP contribution in [0.3, 0.4) is 0 Å². The third-order valence-electron chi connectivity index (χ3n) is 3.45. The number of rotatable bonds is 3. The first-order valence-corrected chi connectivity index (χ1v) is 6.20. The van der Waals surface area contributed by atoms with E-state index in [1.165, 1.54) is 24.1 Å². The van der Waals surface area contributed by atoms with E-state index in [0.717, 1.165) is 0 Å². The minimum Gasteiger partial charge on any atom is -0.494 e. The Hall–Kier alpha value is -1.27. The fourth-order valence-corrected chi connectivity index (χ4v) is 2.23.